The van der Waals surface area contributed by atoms with Gasteiger partial charge in [0.1, 0.15) is 5.75 Å². The highest BCUT2D eigenvalue weighted by Gasteiger charge is 2.17. The molecule has 0 spiro atoms. The second kappa shape index (κ2) is 13.0. The van der Waals surface area contributed by atoms with Crippen LogP contribution in [0.4, 0.5) is 0 Å². The van der Waals surface area contributed by atoms with Gasteiger partial charge < -0.3 is 10.8 Å². The molecule has 202 valence electrons. The van der Waals surface area contributed by atoms with Crippen molar-refractivity contribution in [2.24, 2.45) is 5.73 Å². The molecule has 2 amide bonds. The second-order valence-electron chi connectivity index (χ2n) is 10.0. The zero-order valence-corrected chi connectivity index (χ0v) is 22.4. The van der Waals surface area contributed by atoms with Gasteiger partial charge in [-0.3, -0.25) is 19.9 Å². The summed E-state index contributed by atoms with van der Waals surface area (Å²) in [5, 5.41) is 16.7. The van der Waals surface area contributed by atoms with E-state index in [1.54, 1.807) is 24.5 Å². The summed E-state index contributed by atoms with van der Waals surface area (Å²) in [6.07, 6.45) is 6.13. The molecule has 0 fully saturated rings. The maximum Gasteiger partial charge on any atom is 0.243 e. The van der Waals surface area contributed by atoms with Crippen LogP contribution in [0.25, 0.3) is 16.9 Å². The van der Waals surface area contributed by atoms with Crippen LogP contribution in [-0.4, -0.2) is 37.7 Å². The van der Waals surface area contributed by atoms with Gasteiger partial charge in [0.2, 0.25) is 11.8 Å². The number of unbranched alkanes of at least 4 members (excludes halogenated alkanes) is 1. The highest BCUT2D eigenvalue weighted by atomic mass is 16.3. The van der Waals surface area contributed by atoms with Crippen molar-refractivity contribution in [2.45, 2.75) is 57.9 Å². The Balaban J connectivity index is 1.34. The van der Waals surface area contributed by atoms with Crippen molar-refractivity contribution in [1.82, 2.24) is 20.1 Å². The molecule has 39 heavy (non-hydrogen) atoms. The number of hydrogen-bond donors (Lipinski definition) is 3. The van der Waals surface area contributed by atoms with Gasteiger partial charge in [-0.1, -0.05) is 38.1 Å². The second-order valence-corrected chi connectivity index (χ2v) is 10.0. The Hall–Kier alpha value is -4.30. The lowest BCUT2D eigenvalue weighted by Crippen LogP contribution is -2.44. The number of nitrogens with two attached hydrogens (primary N) is 1. The third-order valence-electron chi connectivity index (χ3n) is 6.62. The topological polar surface area (TPSA) is 123 Å². The van der Waals surface area contributed by atoms with Crippen LogP contribution in [0.5, 0.6) is 5.75 Å². The monoisotopic (exact) mass is 525 g/mol. The minimum absolute atomic E-state index is 0.146. The van der Waals surface area contributed by atoms with Gasteiger partial charge in [0.05, 0.1) is 17.4 Å². The molecule has 0 aliphatic heterocycles. The Morgan fingerprint density at radius 1 is 1.03 bits per heavy atom. The molecule has 8 nitrogen and oxygen atoms in total. The number of carbonyl (C=O) groups is 2. The maximum absolute atomic E-state index is 12.4. The van der Waals surface area contributed by atoms with E-state index >= 15 is 0 Å². The highest BCUT2D eigenvalue weighted by molar-refractivity contribution is 5.97. The molecule has 4 N–H and O–H groups in total. The molecule has 0 aliphatic rings. The number of nitrogens with zero attached hydrogens (tertiary/aromatic N) is 3. The number of phenols is 1. The third kappa shape index (κ3) is 7.61. The van der Waals surface area contributed by atoms with Crippen LogP contribution in [0.15, 0.2) is 79.1 Å². The number of benzene rings is 2. The lowest BCUT2D eigenvalue weighted by Gasteiger charge is -2.12. The Kier molecular flexibility index (Phi) is 9.22. The third-order valence-corrected chi connectivity index (χ3v) is 6.62. The van der Waals surface area contributed by atoms with Crippen molar-refractivity contribution in [3.05, 3.63) is 95.9 Å². The molecule has 0 aliphatic carbocycles. The molecule has 1 atom stereocenters. The lowest BCUT2D eigenvalue weighted by atomic mass is 10.0. The van der Waals surface area contributed by atoms with Crippen LogP contribution < -0.4 is 11.1 Å². The number of nitrogens with one attached hydrogen (secondary N) is 1. The number of pyridine rings is 1. The number of rotatable bonds is 11. The van der Waals surface area contributed by atoms with Gasteiger partial charge in [0, 0.05) is 30.1 Å². The van der Waals surface area contributed by atoms with Crippen molar-refractivity contribution >= 4 is 11.8 Å². The molecule has 8 heteroatoms. The maximum atomic E-state index is 12.4. The van der Waals surface area contributed by atoms with Crippen molar-refractivity contribution in [3.8, 4) is 22.7 Å². The van der Waals surface area contributed by atoms with Gasteiger partial charge >= 0.3 is 0 Å². The number of aromatic nitrogens is 3. The van der Waals surface area contributed by atoms with E-state index in [-0.39, 0.29) is 24.5 Å². The zero-order valence-electron chi connectivity index (χ0n) is 22.4. The molecule has 0 bridgehead atoms. The van der Waals surface area contributed by atoms with E-state index in [0.29, 0.717) is 12.3 Å². The minimum Gasteiger partial charge on any atom is -0.508 e. The van der Waals surface area contributed by atoms with E-state index in [4.69, 9.17) is 10.8 Å². The van der Waals surface area contributed by atoms with Crippen molar-refractivity contribution in [1.29, 1.82) is 0 Å². The standard InChI is InChI=1S/C31H35N5O3/c1-21(2)23-11-13-25(14-12-23)36-26(19-29(35-36)24-6-5-17-33-20-24)7-3-4-8-30(38)34-31(39)28(32)18-22-9-15-27(37)16-10-22/h5-6,9-17,19-21,28,37H,3-4,7-8,18,32H2,1-2H3,(H,34,38,39). The van der Waals surface area contributed by atoms with Gasteiger partial charge in [-0.2, -0.15) is 5.10 Å². The normalized spacial score (nSPS) is 11.9. The van der Waals surface area contributed by atoms with Crippen LogP contribution >= 0.6 is 0 Å². The van der Waals surface area contributed by atoms with Gasteiger partial charge in [0.25, 0.3) is 0 Å². The molecule has 4 rings (SSSR count). The predicted molar refractivity (Wildman–Crippen MR) is 151 cm³/mol. The highest BCUT2D eigenvalue weighted by Crippen LogP contribution is 2.24. The van der Waals surface area contributed by atoms with Crippen LogP contribution in [0, 0.1) is 0 Å². The zero-order chi connectivity index (χ0) is 27.8. The first-order valence-corrected chi connectivity index (χ1v) is 13.3. The van der Waals surface area contributed by atoms with E-state index in [1.807, 2.05) is 16.8 Å². The van der Waals surface area contributed by atoms with E-state index < -0.39 is 11.9 Å². The average molecular weight is 526 g/mol. The molecule has 4 aromatic rings. The summed E-state index contributed by atoms with van der Waals surface area (Å²) < 4.78 is 1.96. The number of hydrogen-bond acceptors (Lipinski definition) is 6. The summed E-state index contributed by atoms with van der Waals surface area (Å²) in [6, 6.07) is 20.0. The summed E-state index contributed by atoms with van der Waals surface area (Å²) >= 11 is 0. The minimum atomic E-state index is -0.846. The summed E-state index contributed by atoms with van der Waals surface area (Å²) in [4.78, 5) is 29.0. The largest absolute Gasteiger partial charge is 0.508 e. The smallest absolute Gasteiger partial charge is 0.243 e. The Labute approximate surface area is 228 Å². The van der Waals surface area contributed by atoms with E-state index in [2.05, 4.69) is 54.5 Å². The molecular formula is C31H35N5O3. The van der Waals surface area contributed by atoms with Gasteiger partial charge in [0.15, 0.2) is 0 Å². The Morgan fingerprint density at radius 3 is 2.44 bits per heavy atom. The number of phenolic OH excluding ortho intramolecular Hbond substituents is 1. The van der Waals surface area contributed by atoms with Gasteiger partial charge in [-0.05, 0) is 85.2 Å². The van der Waals surface area contributed by atoms with Gasteiger partial charge in [-0.25, -0.2) is 4.68 Å². The van der Waals surface area contributed by atoms with Crippen molar-refractivity contribution < 1.29 is 14.7 Å². The number of carbonyl (C=O) groups excluding carboxylic acids is 2. The number of aromatic hydroxyl groups is 1. The molecule has 1 unspecified atom stereocenters. The molecule has 2 aromatic heterocycles. The van der Waals surface area contributed by atoms with E-state index in [9.17, 15) is 14.7 Å². The van der Waals surface area contributed by atoms with Crippen molar-refractivity contribution in [3.63, 3.8) is 0 Å². The van der Waals surface area contributed by atoms with Crippen LogP contribution in [-0.2, 0) is 22.4 Å². The SMILES string of the molecule is CC(C)c1ccc(-n2nc(-c3cccnc3)cc2CCCCC(=O)NC(=O)C(N)Cc2ccc(O)cc2)cc1. The van der Waals surface area contributed by atoms with Crippen LogP contribution in [0.2, 0.25) is 0 Å². The average Bonchev–Trinajstić information content (AvgIpc) is 3.37. The van der Waals surface area contributed by atoms with E-state index in [1.165, 1.54) is 17.7 Å². The van der Waals surface area contributed by atoms with Crippen molar-refractivity contribution in [2.75, 3.05) is 0 Å². The lowest BCUT2D eigenvalue weighted by molar-refractivity contribution is -0.131. The van der Waals surface area contributed by atoms with E-state index in [0.717, 1.165) is 41.0 Å². The number of amides is 2. The molecule has 0 saturated carbocycles. The predicted octanol–water partition coefficient (Wildman–Crippen LogP) is 4.69. The quantitative estimate of drug-likeness (QED) is 0.244. The van der Waals surface area contributed by atoms with Gasteiger partial charge in [-0.15, -0.1) is 0 Å². The Bertz CT molecular complexity index is 1380. The molecule has 2 aromatic carbocycles. The summed E-state index contributed by atoms with van der Waals surface area (Å²) in [7, 11) is 0. The first-order valence-electron chi connectivity index (χ1n) is 13.3. The first kappa shape index (κ1) is 27.7. The fourth-order valence-electron chi connectivity index (χ4n) is 4.34. The number of imide groups is 1. The fraction of sp³-hybridized carbons (Fsp3) is 0.290. The first-order chi connectivity index (χ1) is 18.8. The molecule has 0 radical (unpaired) electrons. The molecular weight excluding hydrogens is 490 g/mol. The Morgan fingerprint density at radius 2 is 1.77 bits per heavy atom. The molecule has 0 saturated heterocycles. The molecule has 2 heterocycles. The summed E-state index contributed by atoms with van der Waals surface area (Å²) in [6.45, 7) is 4.34. The fourth-order valence-corrected chi connectivity index (χ4v) is 4.34. The summed E-state index contributed by atoms with van der Waals surface area (Å²) in [5.41, 5.74) is 11.9. The summed E-state index contributed by atoms with van der Waals surface area (Å²) in [5.74, 6) is -0.248. The van der Waals surface area contributed by atoms with Crippen LogP contribution in [0.1, 0.15) is 55.8 Å². The number of aryl methyl sites for hydroxylation is 1. The van der Waals surface area contributed by atoms with Crippen LogP contribution in [0.3, 0.4) is 0 Å².